The SMILES string of the molecule is C[C@]12CC[C@@H]3c4ccc(O)cc4CC[C@H]3[C@@H]1CC[C@@H]2OC(=O)C(CC(P(=O)(O)O)P(=O)(O)O)C(=O)O[C@H]1CC[C@H]2[C@@H]3CCc4cc(O)ccc4[C@H]3CC[C@]12C. The molecule has 0 aromatic heterocycles. The van der Waals surface area contributed by atoms with Gasteiger partial charge >= 0.3 is 27.1 Å². The lowest BCUT2D eigenvalue weighted by molar-refractivity contribution is -0.177. The Morgan fingerprint density at radius 1 is 0.673 bits per heavy atom. The average molecular weight is 801 g/mol. The van der Waals surface area contributed by atoms with Gasteiger partial charge in [-0.1, -0.05) is 26.0 Å². The number of aromatic hydroxyl groups is 2. The molecule has 2 aromatic rings. The third kappa shape index (κ3) is 6.80. The first kappa shape index (κ1) is 39.1. The van der Waals surface area contributed by atoms with E-state index in [1.165, 1.54) is 11.1 Å². The predicted octanol–water partition coefficient (Wildman–Crippen LogP) is 7.02. The van der Waals surface area contributed by atoms with Crippen molar-refractivity contribution in [3.05, 3.63) is 58.7 Å². The summed E-state index contributed by atoms with van der Waals surface area (Å²) in [5.74, 6) is -1.81. The zero-order valence-electron chi connectivity index (χ0n) is 31.5. The second-order valence-electron chi connectivity index (χ2n) is 18.1. The van der Waals surface area contributed by atoms with Crippen molar-refractivity contribution in [2.24, 2.45) is 40.4 Å². The Kier molecular flexibility index (Phi) is 9.95. The smallest absolute Gasteiger partial charge is 0.340 e. The van der Waals surface area contributed by atoms with Crippen LogP contribution >= 0.6 is 15.2 Å². The van der Waals surface area contributed by atoms with Crippen molar-refractivity contribution in [1.82, 2.24) is 0 Å². The number of phenolic OH excluding ortho intramolecular Hbond substituents is 2. The van der Waals surface area contributed by atoms with Gasteiger partial charge in [0.25, 0.3) is 0 Å². The molecule has 6 N–H and O–H groups in total. The van der Waals surface area contributed by atoms with Gasteiger partial charge in [0.2, 0.25) is 0 Å². The van der Waals surface area contributed by atoms with E-state index in [2.05, 4.69) is 13.8 Å². The number of fused-ring (bicyclic) bond motifs is 10. The molecule has 300 valence electrons. The van der Waals surface area contributed by atoms with Gasteiger partial charge in [0, 0.05) is 10.8 Å². The summed E-state index contributed by atoms with van der Waals surface area (Å²) in [6.07, 6.45) is 7.10. The monoisotopic (exact) mass is 800 g/mol. The standard InChI is InChI=1S/C41H54O12P2/c1-40-17-15-28-26-9-5-24(42)19-22(26)3-7-30(28)33(40)11-13-35(40)52-38(44)32(21-37(54(46,47)48)55(49,50)51)39(45)53-36-14-12-34-31-8-4-23-20-25(43)6-10-27(23)29(31)16-18-41(34,36)2/h5-6,9-10,19-20,28-37,42-43H,3-4,7-8,11-18,21H2,1-2H3,(H2,46,47,48)(H2,49,50,51)/t28-,29-,30-,31-,33+,34+,35+,36+,40+,41+/m1/s1. The van der Waals surface area contributed by atoms with Gasteiger partial charge < -0.3 is 39.3 Å². The van der Waals surface area contributed by atoms with E-state index in [0.29, 0.717) is 36.5 Å². The molecule has 0 unspecified atom stereocenters. The number of esters is 2. The lowest BCUT2D eigenvalue weighted by Crippen LogP contribution is -2.47. The molecule has 4 saturated carbocycles. The summed E-state index contributed by atoms with van der Waals surface area (Å²) in [5.41, 5.74) is 3.99. The summed E-state index contributed by atoms with van der Waals surface area (Å²) in [5, 5.41) is 17.6. The van der Waals surface area contributed by atoms with Crippen molar-refractivity contribution < 1.29 is 58.0 Å². The van der Waals surface area contributed by atoms with Crippen molar-refractivity contribution in [2.45, 2.75) is 127 Å². The number of rotatable bonds is 8. The number of phenols is 2. The van der Waals surface area contributed by atoms with Crippen molar-refractivity contribution >= 4 is 27.1 Å². The van der Waals surface area contributed by atoms with Gasteiger partial charge in [0.1, 0.15) is 23.7 Å². The first-order chi connectivity index (χ1) is 25.9. The molecule has 0 heterocycles. The van der Waals surface area contributed by atoms with Crippen LogP contribution < -0.4 is 0 Å². The summed E-state index contributed by atoms with van der Waals surface area (Å²) >= 11 is 0. The van der Waals surface area contributed by atoms with Crippen LogP contribution in [0, 0.1) is 40.4 Å². The molecule has 0 radical (unpaired) electrons. The first-order valence-electron chi connectivity index (χ1n) is 20.0. The number of carbonyl (C=O) groups is 2. The van der Waals surface area contributed by atoms with E-state index in [1.54, 1.807) is 12.1 Å². The molecule has 0 bridgehead atoms. The molecule has 12 nitrogen and oxygen atoms in total. The molecule has 8 rings (SSSR count). The van der Waals surface area contributed by atoms with Crippen molar-refractivity contribution in [3.63, 3.8) is 0 Å². The highest BCUT2D eigenvalue weighted by atomic mass is 31.2. The summed E-state index contributed by atoms with van der Waals surface area (Å²) in [6, 6.07) is 11.2. The molecule has 0 spiro atoms. The van der Waals surface area contributed by atoms with Gasteiger partial charge in [-0.05, 0) is 165 Å². The zero-order chi connectivity index (χ0) is 39.2. The number of ether oxygens (including phenoxy) is 2. The summed E-state index contributed by atoms with van der Waals surface area (Å²) in [6.45, 7) is 4.21. The Morgan fingerprint density at radius 2 is 1.09 bits per heavy atom. The molecule has 4 fully saturated rings. The Morgan fingerprint density at radius 3 is 1.49 bits per heavy atom. The second kappa shape index (κ2) is 14.0. The van der Waals surface area contributed by atoms with Crippen molar-refractivity contribution in [3.8, 4) is 11.5 Å². The molecule has 6 aliphatic carbocycles. The molecule has 0 saturated heterocycles. The third-order valence-electron chi connectivity index (χ3n) is 15.6. The molecule has 10 atom stereocenters. The van der Waals surface area contributed by atoms with Crippen LogP contribution in [0.25, 0.3) is 0 Å². The summed E-state index contributed by atoms with van der Waals surface area (Å²) in [7, 11) is -11.0. The molecular weight excluding hydrogens is 746 g/mol. The van der Waals surface area contributed by atoms with E-state index in [1.807, 2.05) is 24.3 Å². The van der Waals surface area contributed by atoms with Crippen LogP contribution in [0.4, 0.5) is 0 Å². The average Bonchev–Trinajstić information content (AvgIpc) is 3.62. The minimum atomic E-state index is -5.48. The first-order valence-corrected chi connectivity index (χ1v) is 23.4. The normalized spacial score (nSPS) is 35.2. The topological polar surface area (TPSA) is 208 Å². The zero-order valence-corrected chi connectivity index (χ0v) is 33.2. The van der Waals surface area contributed by atoms with E-state index >= 15 is 0 Å². The highest BCUT2D eigenvalue weighted by Crippen LogP contribution is 2.65. The Labute approximate surface area is 321 Å². The third-order valence-corrected chi connectivity index (χ3v) is 19.3. The maximum atomic E-state index is 14.2. The molecule has 6 aliphatic rings. The molecule has 14 heteroatoms. The number of carbonyl (C=O) groups excluding carboxylic acids is 2. The fraction of sp³-hybridized carbons (Fsp3) is 0.659. The molecule has 0 aliphatic heterocycles. The van der Waals surface area contributed by atoms with Gasteiger partial charge in [0.15, 0.2) is 11.3 Å². The van der Waals surface area contributed by atoms with E-state index in [9.17, 15) is 48.5 Å². The Bertz CT molecular complexity index is 1820. The maximum absolute atomic E-state index is 14.2. The van der Waals surface area contributed by atoms with Gasteiger partial charge in [-0.25, -0.2) is 0 Å². The predicted molar refractivity (Wildman–Crippen MR) is 201 cm³/mol. The molecule has 55 heavy (non-hydrogen) atoms. The second-order valence-corrected chi connectivity index (χ2v) is 22.1. The molecule has 0 amide bonds. The molecule has 2 aromatic carbocycles. The Hall–Kier alpha value is -2.72. The maximum Gasteiger partial charge on any atom is 0.340 e. The van der Waals surface area contributed by atoms with E-state index in [-0.39, 0.29) is 23.3 Å². The fourth-order valence-electron chi connectivity index (χ4n) is 12.8. The van der Waals surface area contributed by atoms with Gasteiger partial charge in [-0.2, -0.15) is 0 Å². The van der Waals surface area contributed by atoms with Crippen molar-refractivity contribution in [1.29, 1.82) is 0 Å². The lowest BCUT2D eigenvalue weighted by Gasteiger charge is -2.50. The van der Waals surface area contributed by atoms with Crippen molar-refractivity contribution in [2.75, 3.05) is 0 Å². The number of hydrogen-bond donors (Lipinski definition) is 6. The van der Waals surface area contributed by atoms with Crippen LogP contribution in [-0.2, 0) is 41.0 Å². The van der Waals surface area contributed by atoms with Gasteiger partial charge in [0.05, 0.1) is 0 Å². The quantitative estimate of drug-likeness (QED) is 0.0905. The minimum absolute atomic E-state index is 0.220. The highest BCUT2D eigenvalue weighted by molar-refractivity contribution is 7.70. The van der Waals surface area contributed by atoms with Crippen LogP contribution in [0.1, 0.15) is 119 Å². The van der Waals surface area contributed by atoms with Crippen LogP contribution in [0.5, 0.6) is 11.5 Å². The van der Waals surface area contributed by atoms with Crippen LogP contribution in [0.3, 0.4) is 0 Å². The summed E-state index contributed by atoms with van der Waals surface area (Å²) < 4.78 is 37.3. The van der Waals surface area contributed by atoms with Gasteiger partial charge in [-0.15, -0.1) is 0 Å². The number of hydrogen-bond acceptors (Lipinski definition) is 8. The van der Waals surface area contributed by atoms with Crippen LogP contribution in [0.2, 0.25) is 0 Å². The van der Waals surface area contributed by atoms with E-state index in [4.69, 9.17) is 9.47 Å². The Balaban J connectivity index is 1.01. The minimum Gasteiger partial charge on any atom is -0.508 e. The van der Waals surface area contributed by atoms with E-state index in [0.717, 1.165) is 75.3 Å². The van der Waals surface area contributed by atoms with E-state index < -0.39 is 67.9 Å². The highest BCUT2D eigenvalue weighted by Gasteiger charge is 2.59. The van der Waals surface area contributed by atoms with Crippen LogP contribution in [0.15, 0.2) is 36.4 Å². The largest absolute Gasteiger partial charge is 0.508 e. The lowest BCUT2D eigenvalue weighted by atomic mass is 9.55. The number of aryl methyl sites for hydroxylation is 2. The molecular formula is C41H54O12P2. The number of benzene rings is 2. The summed E-state index contributed by atoms with van der Waals surface area (Å²) in [4.78, 5) is 68.7. The van der Waals surface area contributed by atoms with Gasteiger partial charge in [-0.3, -0.25) is 18.7 Å². The fourth-order valence-corrected chi connectivity index (χ4v) is 15.4. The van der Waals surface area contributed by atoms with Crippen LogP contribution in [-0.4, -0.2) is 59.3 Å².